The first-order valence-electron chi connectivity index (χ1n) is 7.09. The Morgan fingerprint density at radius 1 is 1.44 bits per heavy atom. The van der Waals surface area contributed by atoms with Crippen LogP contribution in [0.5, 0.6) is 5.88 Å². The quantitative estimate of drug-likeness (QED) is 0.426. The van der Waals surface area contributed by atoms with Crippen LogP contribution in [0.15, 0.2) is 29.4 Å². The van der Waals surface area contributed by atoms with E-state index in [1.807, 2.05) is 0 Å². The lowest BCUT2D eigenvalue weighted by molar-refractivity contribution is 0.175. The molecule has 0 aliphatic carbocycles. The van der Waals surface area contributed by atoms with Crippen molar-refractivity contribution in [1.29, 1.82) is 0 Å². The molecule has 2 N–H and O–H groups in total. The lowest BCUT2D eigenvalue weighted by atomic mass is 10.2. The van der Waals surface area contributed by atoms with Gasteiger partial charge in [-0.05, 0) is 13.0 Å². The highest BCUT2D eigenvalue weighted by molar-refractivity contribution is 7.98. The second kappa shape index (κ2) is 8.82. The van der Waals surface area contributed by atoms with E-state index in [-0.39, 0.29) is 34.1 Å². The number of nitrogens with one attached hydrogen (secondary N) is 1. The van der Waals surface area contributed by atoms with Gasteiger partial charge in [-0.15, -0.1) is 0 Å². The van der Waals surface area contributed by atoms with Gasteiger partial charge in [0.1, 0.15) is 11.3 Å². The molecule has 0 radical (unpaired) electrons. The van der Waals surface area contributed by atoms with E-state index in [0.717, 1.165) is 17.8 Å². The summed E-state index contributed by atoms with van der Waals surface area (Å²) in [6.07, 6.45) is -1.65. The summed E-state index contributed by atoms with van der Waals surface area (Å²) in [4.78, 5) is 18.6. The third-order valence-electron chi connectivity index (χ3n) is 2.90. The van der Waals surface area contributed by atoms with E-state index in [1.54, 1.807) is 6.92 Å². The minimum absolute atomic E-state index is 0.0634. The highest BCUT2D eigenvalue weighted by Gasteiger charge is 2.12. The molecule has 1 amide bonds. The van der Waals surface area contributed by atoms with Crippen molar-refractivity contribution >= 4 is 29.5 Å². The van der Waals surface area contributed by atoms with Crippen LogP contribution in [0.2, 0.25) is 5.15 Å². The number of hydrogen-bond acceptors (Lipinski definition) is 5. The summed E-state index contributed by atoms with van der Waals surface area (Å²) in [5, 5.41) is 11.1. The van der Waals surface area contributed by atoms with E-state index in [1.165, 1.54) is 18.2 Å². The summed E-state index contributed by atoms with van der Waals surface area (Å²) in [5.41, 5.74) is 0.176. The number of benzene rings is 1. The van der Waals surface area contributed by atoms with Gasteiger partial charge in [0, 0.05) is 17.4 Å². The lowest BCUT2D eigenvalue weighted by Crippen LogP contribution is -2.32. The molecule has 0 aliphatic heterocycles. The number of thioether (sulfide) groups is 1. The average molecular weight is 390 g/mol. The molecule has 2 rings (SSSR count). The molecule has 1 atom stereocenters. The van der Waals surface area contributed by atoms with E-state index >= 15 is 0 Å². The predicted octanol–water partition coefficient (Wildman–Crippen LogP) is 3.74. The van der Waals surface area contributed by atoms with Crippen LogP contribution >= 0.6 is 23.4 Å². The Bertz CT molecular complexity index is 767. The highest BCUT2D eigenvalue weighted by atomic mass is 35.5. The van der Waals surface area contributed by atoms with Gasteiger partial charge in [0.2, 0.25) is 5.88 Å². The van der Waals surface area contributed by atoms with Gasteiger partial charge in [0.25, 0.3) is 0 Å². The summed E-state index contributed by atoms with van der Waals surface area (Å²) < 4.78 is 32.3. The summed E-state index contributed by atoms with van der Waals surface area (Å²) in [6.45, 7) is 1.72. The third-order valence-corrected chi connectivity index (χ3v) is 3.99. The van der Waals surface area contributed by atoms with Gasteiger partial charge in [0.15, 0.2) is 16.8 Å². The van der Waals surface area contributed by atoms with Gasteiger partial charge in [0.05, 0.1) is 6.54 Å². The lowest BCUT2D eigenvalue weighted by Gasteiger charge is -2.14. The molecule has 1 aromatic heterocycles. The largest absolute Gasteiger partial charge is 0.473 e. The van der Waals surface area contributed by atoms with Crippen molar-refractivity contribution in [2.75, 3.05) is 6.54 Å². The Morgan fingerprint density at radius 3 is 2.92 bits per heavy atom. The monoisotopic (exact) mass is 389 g/mol. The molecule has 1 heterocycles. The Hall–Kier alpha value is -2.13. The molecule has 1 aromatic carbocycles. The number of rotatable bonds is 7. The van der Waals surface area contributed by atoms with Gasteiger partial charge in [-0.25, -0.2) is 18.6 Å². The van der Waals surface area contributed by atoms with Crippen molar-refractivity contribution in [2.45, 2.75) is 23.9 Å². The second-order valence-electron chi connectivity index (χ2n) is 4.93. The maximum atomic E-state index is 13.7. The third kappa shape index (κ3) is 6.02. The molecule has 0 saturated carbocycles. The average Bonchev–Trinajstić information content (AvgIpc) is 2.54. The first-order chi connectivity index (χ1) is 11.8. The van der Waals surface area contributed by atoms with Gasteiger partial charge in [-0.1, -0.05) is 35.5 Å². The van der Waals surface area contributed by atoms with E-state index in [9.17, 15) is 13.6 Å². The van der Waals surface area contributed by atoms with Crippen LogP contribution in [-0.4, -0.2) is 33.8 Å². The number of aromatic nitrogens is 2. The van der Waals surface area contributed by atoms with Gasteiger partial charge < -0.3 is 15.2 Å². The molecule has 0 unspecified atom stereocenters. The molecule has 10 heteroatoms. The number of amides is 1. The van der Waals surface area contributed by atoms with Crippen molar-refractivity contribution in [1.82, 2.24) is 15.3 Å². The molecule has 0 saturated heterocycles. The Morgan fingerprint density at radius 2 is 2.20 bits per heavy atom. The zero-order chi connectivity index (χ0) is 18.4. The van der Waals surface area contributed by atoms with Crippen molar-refractivity contribution in [3.63, 3.8) is 0 Å². The van der Waals surface area contributed by atoms with Gasteiger partial charge >= 0.3 is 6.09 Å². The fourth-order valence-electron chi connectivity index (χ4n) is 1.78. The maximum absolute atomic E-state index is 13.7. The van der Waals surface area contributed by atoms with Crippen LogP contribution < -0.4 is 10.1 Å². The zero-order valence-corrected chi connectivity index (χ0v) is 14.6. The molecule has 0 bridgehead atoms. The molecule has 2 aromatic rings. The fourth-order valence-corrected chi connectivity index (χ4v) is 2.83. The smallest absolute Gasteiger partial charge is 0.404 e. The summed E-state index contributed by atoms with van der Waals surface area (Å²) in [5.74, 6) is -1.57. The summed E-state index contributed by atoms with van der Waals surface area (Å²) in [6, 6.07) is 5.30. The number of halogens is 3. The number of nitrogens with zero attached hydrogens (tertiary/aromatic N) is 2. The highest BCUT2D eigenvalue weighted by Crippen LogP contribution is 2.25. The minimum Gasteiger partial charge on any atom is -0.473 e. The molecule has 25 heavy (non-hydrogen) atoms. The van der Waals surface area contributed by atoms with Crippen LogP contribution in [-0.2, 0) is 5.75 Å². The predicted molar refractivity (Wildman–Crippen MR) is 89.1 cm³/mol. The van der Waals surface area contributed by atoms with E-state index in [0.29, 0.717) is 0 Å². The van der Waals surface area contributed by atoms with Crippen molar-refractivity contribution in [3.8, 4) is 5.88 Å². The number of carbonyl (C=O) groups is 1. The van der Waals surface area contributed by atoms with Gasteiger partial charge in [-0.2, -0.15) is 4.98 Å². The minimum atomic E-state index is -1.16. The van der Waals surface area contributed by atoms with E-state index < -0.39 is 23.8 Å². The molecule has 0 fully saturated rings. The molecule has 6 nitrogen and oxygen atoms in total. The Kier molecular flexibility index (Phi) is 6.77. The summed E-state index contributed by atoms with van der Waals surface area (Å²) >= 11 is 6.98. The normalized spacial score (nSPS) is 11.8. The second-order valence-corrected chi connectivity index (χ2v) is 6.26. The van der Waals surface area contributed by atoms with Crippen LogP contribution in [0.3, 0.4) is 0 Å². The van der Waals surface area contributed by atoms with E-state index in [4.69, 9.17) is 21.4 Å². The zero-order valence-electron chi connectivity index (χ0n) is 13.0. The van der Waals surface area contributed by atoms with Crippen LogP contribution in [0, 0.1) is 11.6 Å². The summed E-state index contributed by atoms with van der Waals surface area (Å²) in [7, 11) is 0. The number of carboxylic acid groups (broad SMARTS) is 1. The Labute approximate surface area is 151 Å². The molecular formula is C15H14ClF2N3O3S. The van der Waals surface area contributed by atoms with E-state index in [2.05, 4.69) is 15.3 Å². The van der Waals surface area contributed by atoms with Gasteiger partial charge in [-0.3, -0.25) is 0 Å². The molecule has 134 valence electrons. The number of ether oxygens (including phenoxy) is 1. The van der Waals surface area contributed by atoms with Crippen molar-refractivity contribution in [2.24, 2.45) is 0 Å². The standard InChI is InChI=1S/C15H14ClF2N3O3S/c1-8(6-19-15(22)23)24-12-5-11(16)20-14(21-12)25-7-9-3-2-4-10(17)13(9)18/h2-5,8,19H,6-7H2,1H3,(H,22,23)/t8-/m1/s1. The molecule has 0 aliphatic rings. The Balaban J connectivity index is 2.03. The maximum Gasteiger partial charge on any atom is 0.404 e. The molecular weight excluding hydrogens is 376 g/mol. The van der Waals surface area contributed by atoms with Crippen LogP contribution in [0.1, 0.15) is 12.5 Å². The first-order valence-corrected chi connectivity index (χ1v) is 8.45. The number of hydrogen-bond donors (Lipinski definition) is 2. The fraction of sp³-hybridized carbons (Fsp3) is 0.267. The first kappa shape index (κ1) is 19.2. The van der Waals surface area contributed by atoms with Crippen LogP contribution in [0.4, 0.5) is 13.6 Å². The molecule has 0 spiro atoms. The van der Waals surface area contributed by atoms with Crippen molar-refractivity contribution in [3.05, 3.63) is 46.6 Å². The van der Waals surface area contributed by atoms with Crippen molar-refractivity contribution < 1.29 is 23.4 Å². The van der Waals surface area contributed by atoms with Crippen LogP contribution in [0.25, 0.3) is 0 Å². The SMILES string of the molecule is C[C@H](CNC(=O)O)Oc1cc(Cl)nc(SCc2cccc(F)c2F)n1. The topological polar surface area (TPSA) is 84.3 Å².